The van der Waals surface area contributed by atoms with Gasteiger partial charge in [-0.1, -0.05) is 0 Å². The average Bonchev–Trinajstić information content (AvgIpc) is 2.53. The number of fused-ring (bicyclic) bond motifs is 1. The van der Waals surface area contributed by atoms with Crippen molar-refractivity contribution in [3.05, 3.63) is 0 Å². The summed E-state index contributed by atoms with van der Waals surface area (Å²) in [6.07, 6.45) is -1.96. The van der Waals surface area contributed by atoms with Gasteiger partial charge in [0.2, 0.25) is 6.43 Å². The number of rotatable bonds is 2. The fraction of sp³-hybridized carbons (Fsp3) is 0.909. The second kappa shape index (κ2) is 3.15. The lowest BCUT2D eigenvalue weighted by Gasteiger charge is -2.44. The largest absolute Gasteiger partial charge is 0.459 e. The number of esters is 1. The lowest BCUT2D eigenvalue weighted by molar-refractivity contribution is -0.171. The summed E-state index contributed by atoms with van der Waals surface area (Å²) >= 11 is 0. The Morgan fingerprint density at radius 3 is 2.31 bits per heavy atom. The highest BCUT2D eigenvalue weighted by Gasteiger charge is 2.69. The summed E-state index contributed by atoms with van der Waals surface area (Å²) in [5.41, 5.74) is -2.40. The molecular formula is C11H17F2NO2. The first kappa shape index (κ1) is 11.8. The summed E-state index contributed by atoms with van der Waals surface area (Å²) in [5, 5.41) is 2.90. The number of carbonyl (C=O) groups is 1. The van der Waals surface area contributed by atoms with Crippen LogP contribution in [0.2, 0.25) is 0 Å². The maximum absolute atomic E-state index is 12.7. The third-order valence-electron chi connectivity index (χ3n) is 3.34. The van der Waals surface area contributed by atoms with Crippen LogP contribution < -0.4 is 5.32 Å². The van der Waals surface area contributed by atoms with Crippen LogP contribution in [0.3, 0.4) is 0 Å². The van der Waals surface area contributed by atoms with E-state index in [1.807, 2.05) is 0 Å². The molecule has 3 fully saturated rings. The summed E-state index contributed by atoms with van der Waals surface area (Å²) in [5.74, 6) is -0.395. The van der Waals surface area contributed by atoms with Crippen LogP contribution in [0.15, 0.2) is 0 Å². The van der Waals surface area contributed by atoms with Crippen molar-refractivity contribution < 1.29 is 18.3 Å². The van der Waals surface area contributed by atoms with E-state index in [1.54, 1.807) is 20.8 Å². The molecule has 0 aromatic rings. The molecule has 0 aromatic carbocycles. The van der Waals surface area contributed by atoms with E-state index in [0.29, 0.717) is 0 Å². The Bertz CT molecular complexity index is 316. The molecule has 2 saturated heterocycles. The van der Waals surface area contributed by atoms with Gasteiger partial charge in [-0.2, -0.15) is 0 Å². The highest BCUT2D eigenvalue weighted by molar-refractivity contribution is 5.84. The molecule has 1 aliphatic carbocycles. The summed E-state index contributed by atoms with van der Waals surface area (Å²) in [6, 6.07) is 0. The zero-order valence-corrected chi connectivity index (χ0v) is 9.77. The molecule has 0 aromatic heterocycles. The minimum Gasteiger partial charge on any atom is -0.459 e. The Kier molecular flexibility index (Phi) is 2.32. The molecule has 16 heavy (non-hydrogen) atoms. The number of ether oxygens (including phenoxy) is 1. The second-order valence-corrected chi connectivity index (χ2v) is 5.95. The molecular weight excluding hydrogens is 216 g/mol. The first-order chi connectivity index (χ1) is 7.19. The number of hydrogen-bond donors (Lipinski definition) is 1. The molecule has 0 amide bonds. The van der Waals surface area contributed by atoms with E-state index in [4.69, 9.17) is 4.74 Å². The number of nitrogens with one attached hydrogen (secondary N) is 1. The average molecular weight is 233 g/mol. The van der Waals surface area contributed by atoms with Crippen LogP contribution in [-0.4, -0.2) is 30.1 Å². The summed E-state index contributed by atoms with van der Waals surface area (Å²) in [6.45, 7) is 5.53. The molecule has 3 aliphatic rings. The van der Waals surface area contributed by atoms with E-state index < -0.39 is 28.9 Å². The Hall–Kier alpha value is -0.710. The number of hydrogen-bond acceptors (Lipinski definition) is 3. The van der Waals surface area contributed by atoms with Gasteiger partial charge >= 0.3 is 5.97 Å². The number of carbonyl (C=O) groups excluding carboxylic acids is 1. The number of alkyl halides is 2. The van der Waals surface area contributed by atoms with E-state index in [-0.39, 0.29) is 19.4 Å². The molecule has 2 bridgehead atoms. The van der Waals surface area contributed by atoms with Crippen molar-refractivity contribution in [2.45, 2.75) is 51.2 Å². The van der Waals surface area contributed by atoms with Gasteiger partial charge in [-0.25, -0.2) is 8.78 Å². The van der Waals surface area contributed by atoms with Gasteiger partial charge in [0, 0.05) is 12.0 Å². The molecule has 0 spiro atoms. The third-order valence-corrected chi connectivity index (χ3v) is 3.34. The van der Waals surface area contributed by atoms with E-state index in [1.165, 1.54) is 0 Å². The summed E-state index contributed by atoms with van der Waals surface area (Å²) < 4.78 is 30.7. The van der Waals surface area contributed by atoms with Gasteiger partial charge in [0.05, 0.1) is 0 Å². The van der Waals surface area contributed by atoms with Crippen LogP contribution in [0.1, 0.15) is 33.6 Å². The Morgan fingerprint density at radius 1 is 1.38 bits per heavy atom. The van der Waals surface area contributed by atoms with Crippen molar-refractivity contribution >= 4 is 5.97 Å². The van der Waals surface area contributed by atoms with E-state index in [0.717, 1.165) is 0 Å². The predicted octanol–water partition coefficient (Wildman–Crippen LogP) is 1.72. The molecule has 2 heterocycles. The zero-order chi connectivity index (χ0) is 12.2. The molecule has 5 heteroatoms. The van der Waals surface area contributed by atoms with Crippen molar-refractivity contribution in [2.75, 3.05) is 6.54 Å². The Morgan fingerprint density at radius 2 is 1.94 bits per heavy atom. The van der Waals surface area contributed by atoms with Gasteiger partial charge < -0.3 is 10.1 Å². The maximum Gasteiger partial charge on any atom is 0.326 e. The monoisotopic (exact) mass is 233 g/mol. The summed E-state index contributed by atoms with van der Waals surface area (Å²) in [7, 11) is 0. The van der Waals surface area contributed by atoms with Crippen molar-refractivity contribution in [2.24, 2.45) is 5.41 Å². The highest BCUT2D eigenvalue weighted by Crippen LogP contribution is 2.57. The van der Waals surface area contributed by atoms with Crippen molar-refractivity contribution in [1.29, 1.82) is 0 Å². The first-order valence-corrected chi connectivity index (χ1v) is 5.46. The van der Waals surface area contributed by atoms with Crippen LogP contribution in [-0.2, 0) is 9.53 Å². The molecule has 0 atom stereocenters. The number of halogens is 2. The molecule has 1 saturated carbocycles. The molecule has 0 radical (unpaired) electrons. The lowest BCUT2D eigenvalue weighted by Crippen LogP contribution is -2.57. The zero-order valence-electron chi connectivity index (χ0n) is 9.77. The van der Waals surface area contributed by atoms with Gasteiger partial charge in [0.1, 0.15) is 11.1 Å². The van der Waals surface area contributed by atoms with Crippen LogP contribution in [0.25, 0.3) is 0 Å². The fourth-order valence-electron chi connectivity index (χ4n) is 2.57. The van der Waals surface area contributed by atoms with Crippen LogP contribution in [0.5, 0.6) is 0 Å². The van der Waals surface area contributed by atoms with Gasteiger partial charge in [-0.15, -0.1) is 0 Å². The summed E-state index contributed by atoms with van der Waals surface area (Å²) in [4.78, 5) is 11.9. The van der Waals surface area contributed by atoms with Crippen LogP contribution in [0.4, 0.5) is 8.78 Å². The van der Waals surface area contributed by atoms with Gasteiger partial charge in [0.15, 0.2) is 0 Å². The van der Waals surface area contributed by atoms with Crippen LogP contribution >= 0.6 is 0 Å². The quantitative estimate of drug-likeness (QED) is 0.738. The van der Waals surface area contributed by atoms with E-state index >= 15 is 0 Å². The first-order valence-electron chi connectivity index (χ1n) is 5.46. The standard InChI is InChI=1S/C11H17F2NO2/c1-9(2,3)16-8(15)11-4-10(5-11,6-14-11)7(12)13/h7,14H,4-6H2,1-3H3. The molecule has 2 aliphatic heterocycles. The minimum absolute atomic E-state index is 0.201. The molecule has 0 unspecified atom stereocenters. The van der Waals surface area contributed by atoms with E-state index in [9.17, 15) is 13.6 Å². The Labute approximate surface area is 93.5 Å². The predicted molar refractivity (Wildman–Crippen MR) is 54.2 cm³/mol. The normalized spacial score (nSPS) is 37.4. The molecule has 92 valence electrons. The SMILES string of the molecule is CC(C)(C)OC(=O)C12CC(C(F)F)(CN1)C2. The smallest absolute Gasteiger partial charge is 0.326 e. The molecule has 3 nitrogen and oxygen atoms in total. The molecule has 3 rings (SSSR count). The highest BCUT2D eigenvalue weighted by atomic mass is 19.3. The Balaban J connectivity index is 2.02. The van der Waals surface area contributed by atoms with Crippen LogP contribution in [0, 0.1) is 5.41 Å². The second-order valence-electron chi connectivity index (χ2n) is 5.95. The molecule has 1 N–H and O–H groups in total. The van der Waals surface area contributed by atoms with Gasteiger partial charge in [-0.3, -0.25) is 4.79 Å². The van der Waals surface area contributed by atoms with Gasteiger partial charge in [0.25, 0.3) is 0 Å². The van der Waals surface area contributed by atoms with Crippen molar-refractivity contribution in [1.82, 2.24) is 5.32 Å². The van der Waals surface area contributed by atoms with E-state index in [2.05, 4.69) is 5.32 Å². The lowest BCUT2D eigenvalue weighted by atomic mass is 9.62. The van der Waals surface area contributed by atoms with Crippen molar-refractivity contribution in [3.8, 4) is 0 Å². The van der Waals surface area contributed by atoms with Gasteiger partial charge in [-0.05, 0) is 33.6 Å². The van der Waals surface area contributed by atoms with Crippen molar-refractivity contribution in [3.63, 3.8) is 0 Å². The third kappa shape index (κ3) is 1.61. The topological polar surface area (TPSA) is 38.3 Å². The minimum atomic E-state index is -2.36. The fourth-order valence-corrected chi connectivity index (χ4v) is 2.57. The maximum atomic E-state index is 12.7.